The number of aryl methyl sites for hydroxylation is 1. The normalized spacial score (nSPS) is 10.9. The Morgan fingerprint density at radius 3 is 2.65 bits per heavy atom. The van der Waals surface area contributed by atoms with E-state index < -0.39 is 0 Å². The molecule has 2 nitrogen and oxygen atoms in total. The van der Waals surface area contributed by atoms with Gasteiger partial charge in [0.15, 0.2) is 5.15 Å². The third-order valence-electron chi connectivity index (χ3n) is 2.48. The average molecular weight is 261 g/mol. The van der Waals surface area contributed by atoms with Gasteiger partial charge in [0.1, 0.15) is 10.5 Å². The van der Waals surface area contributed by atoms with E-state index in [9.17, 15) is 0 Å². The molecular weight excluding hydrogens is 252 g/mol. The van der Waals surface area contributed by atoms with E-state index in [0.717, 1.165) is 26.5 Å². The minimum absolute atomic E-state index is 0.485. The summed E-state index contributed by atoms with van der Waals surface area (Å²) in [6.45, 7) is 1.94. The SMILES string of the molecule is Cc1cc2sc(-c3ccccc3)nc2c(Cl)n1. The summed E-state index contributed by atoms with van der Waals surface area (Å²) in [5.74, 6) is 0. The van der Waals surface area contributed by atoms with Gasteiger partial charge in [0.2, 0.25) is 0 Å². The highest BCUT2D eigenvalue weighted by Crippen LogP contribution is 2.32. The molecular formula is C13H9ClN2S. The van der Waals surface area contributed by atoms with Crippen molar-refractivity contribution in [1.82, 2.24) is 9.97 Å². The molecule has 0 spiro atoms. The van der Waals surface area contributed by atoms with Gasteiger partial charge in [0.25, 0.3) is 0 Å². The Bertz CT molecular complexity index is 676. The highest BCUT2D eigenvalue weighted by molar-refractivity contribution is 7.21. The lowest BCUT2D eigenvalue weighted by Crippen LogP contribution is -1.82. The van der Waals surface area contributed by atoms with Gasteiger partial charge in [-0.2, -0.15) is 0 Å². The van der Waals surface area contributed by atoms with E-state index in [1.54, 1.807) is 11.3 Å². The van der Waals surface area contributed by atoms with Gasteiger partial charge in [-0.1, -0.05) is 41.9 Å². The molecule has 0 bridgehead atoms. The highest BCUT2D eigenvalue weighted by Gasteiger charge is 2.10. The van der Waals surface area contributed by atoms with Gasteiger partial charge in [-0.15, -0.1) is 11.3 Å². The molecule has 2 heterocycles. The fourth-order valence-electron chi connectivity index (χ4n) is 1.71. The second kappa shape index (κ2) is 4.09. The molecule has 2 aromatic heterocycles. The molecule has 0 fully saturated rings. The zero-order chi connectivity index (χ0) is 11.8. The van der Waals surface area contributed by atoms with E-state index in [0.29, 0.717) is 5.15 Å². The van der Waals surface area contributed by atoms with Gasteiger partial charge in [-0.05, 0) is 13.0 Å². The first-order chi connectivity index (χ1) is 8.24. The Morgan fingerprint density at radius 2 is 1.88 bits per heavy atom. The number of halogens is 1. The smallest absolute Gasteiger partial charge is 0.156 e. The van der Waals surface area contributed by atoms with Crippen molar-refractivity contribution in [3.63, 3.8) is 0 Å². The number of thiazole rings is 1. The first-order valence-electron chi connectivity index (χ1n) is 5.23. The van der Waals surface area contributed by atoms with Crippen LogP contribution < -0.4 is 0 Å². The number of hydrogen-bond donors (Lipinski definition) is 0. The largest absolute Gasteiger partial charge is 0.239 e. The summed E-state index contributed by atoms with van der Waals surface area (Å²) in [4.78, 5) is 8.77. The van der Waals surface area contributed by atoms with Crippen molar-refractivity contribution in [1.29, 1.82) is 0 Å². The summed E-state index contributed by atoms with van der Waals surface area (Å²) >= 11 is 7.74. The quantitative estimate of drug-likeness (QED) is 0.609. The Hall–Kier alpha value is -1.45. The number of rotatable bonds is 1. The number of benzene rings is 1. The Kier molecular flexibility index (Phi) is 2.57. The van der Waals surface area contributed by atoms with Crippen LogP contribution in [0.4, 0.5) is 0 Å². The van der Waals surface area contributed by atoms with Crippen LogP contribution in [0, 0.1) is 6.92 Å². The van der Waals surface area contributed by atoms with Crippen molar-refractivity contribution in [2.45, 2.75) is 6.92 Å². The molecule has 0 radical (unpaired) electrons. The summed E-state index contributed by atoms with van der Waals surface area (Å²) in [6.07, 6.45) is 0. The van der Waals surface area contributed by atoms with Gasteiger partial charge in [-0.25, -0.2) is 9.97 Å². The van der Waals surface area contributed by atoms with E-state index in [-0.39, 0.29) is 0 Å². The lowest BCUT2D eigenvalue weighted by atomic mass is 10.2. The number of nitrogens with zero attached hydrogens (tertiary/aromatic N) is 2. The molecule has 0 aliphatic carbocycles. The first kappa shape index (κ1) is 10.7. The monoisotopic (exact) mass is 260 g/mol. The van der Waals surface area contributed by atoms with Crippen LogP contribution in [0.2, 0.25) is 5.15 Å². The summed E-state index contributed by atoms with van der Waals surface area (Å²) in [5, 5.41) is 1.47. The molecule has 0 atom stereocenters. The lowest BCUT2D eigenvalue weighted by Gasteiger charge is -1.93. The summed E-state index contributed by atoms with van der Waals surface area (Å²) in [5.41, 5.74) is 2.83. The molecule has 84 valence electrons. The Labute approximate surface area is 108 Å². The first-order valence-corrected chi connectivity index (χ1v) is 6.42. The second-order valence-corrected chi connectivity index (χ2v) is 5.17. The molecule has 0 saturated heterocycles. The fraction of sp³-hybridized carbons (Fsp3) is 0.0769. The Balaban J connectivity index is 2.24. The van der Waals surface area contributed by atoms with Crippen LogP contribution in [0.3, 0.4) is 0 Å². The van der Waals surface area contributed by atoms with Gasteiger partial charge in [0.05, 0.1) is 4.70 Å². The zero-order valence-corrected chi connectivity index (χ0v) is 10.7. The number of aromatic nitrogens is 2. The van der Waals surface area contributed by atoms with Crippen LogP contribution in [0.15, 0.2) is 36.4 Å². The summed E-state index contributed by atoms with van der Waals surface area (Å²) < 4.78 is 1.08. The minimum Gasteiger partial charge on any atom is -0.239 e. The molecule has 0 N–H and O–H groups in total. The van der Waals surface area contributed by atoms with E-state index in [1.807, 2.05) is 43.3 Å². The van der Waals surface area contributed by atoms with Crippen molar-refractivity contribution < 1.29 is 0 Å². The number of fused-ring (bicyclic) bond motifs is 1. The van der Waals surface area contributed by atoms with Crippen LogP contribution in [0.5, 0.6) is 0 Å². The third kappa shape index (κ3) is 1.92. The van der Waals surface area contributed by atoms with Gasteiger partial charge in [0, 0.05) is 11.3 Å². The Morgan fingerprint density at radius 1 is 1.12 bits per heavy atom. The van der Waals surface area contributed by atoms with E-state index in [4.69, 9.17) is 11.6 Å². The standard InChI is InChI=1S/C13H9ClN2S/c1-8-7-10-11(12(14)15-8)16-13(17-10)9-5-3-2-4-6-9/h2-7H,1H3. The predicted octanol–water partition coefficient (Wildman–Crippen LogP) is 4.32. The average Bonchev–Trinajstić information content (AvgIpc) is 2.74. The molecule has 17 heavy (non-hydrogen) atoms. The van der Waals surface area contributed by atoms with Gasteiger partial charge < -0.3 is 0 Å². The van der Waals surface area contributed by atoms with Crippen molar-refractivity contribution in [2.75, 3.05) is 0 Å². The predicted molar refractivity (Wildman–Crippen MR) is 72.6 cm³/mol. The van der Waals surface area contributed by atoms with Crippen molar-refractivity contribution >= 4 is 33.2 Å². The van der Waals surface area contributed by atoms with Crippen LogP contribution >= 0.6 is 22.9 Å². The maximum atomic E-state index is 6.10. The third-order valence-corrected chi connectivity index (χ3v) is 3.80. The molecule has 1 aromatic carbocycles. The van der Waals surface area contributed by atoms with E-state index in [1.165, 1.54) is 0 Å². The van der Waals surface area contributed by atoms with Crippen LogP contribution in [0.25, 0.3) is 20.8 Å². The topological polar surface area (TPSA) is 25.8 Å². The maximum Gasteiger partial charge on any atom is 0.156 e. The molecule has 4 heteroatoms. The highest BCUT2D eigenvalue weighted by atomic mass is 35.5. The van der Waals surface area contributed by atoms with E-state index in [2.05, 4.69) is 9.97 Å². The summed E-state index contributed by atoms with van der Waals surface area (Å²) in [7, 11) is 0. The molecule has 3 aromatic rings. The molecule has 0 amide bonds. The molecule has 0 unspecified atom stereocenters. The van der Waals surface area contributed by atoms with Crippen molar-refractivity contribution in [3.8, 4) is 10.6 Å². The van der Waals surface area contributed by atoms with Gasteiger partial charge >= 0.3 is 0 Å². The van der Waals surface area contributed by atoms with Gasteiger partial charge in [-0.3, -0.25) is 0 Å². The molecule has 0 aliphatic rings. The van der Waals surface area contributed by atoms with Crippen LogP contribution in [-0.4, -0.2) is 9.97 Å². The van der Waals surface area contributed by atoms with E-state index >= 15 is 0 Å². The van der Waals surface area contributed by atoms with Crippen LogP contribution in [0.1, 0.15) is 5.69 Å². The fourth-order valence-corrected chi connectivity index (χ4v) is 3.11. The van der Waals surface area contributed by atoms with Crippen LogP contribution in [-0.2, 0) is 0 Å². The van der Waals surface area contributed by atoms with Crippen molar-refractivity contribution in [3.05, 3.63) is 47.2 Å². The maximum absolute atomic E-state index is 6.10. The lowest BCUT2D eigenvalue weighted by molar-refractivity contribution is 1.22. The number of hydrogen-bond acceptors (Lipinski definition) is 3. The zero-order valence-electron chi connectivity index (χ0n) is 9.14. The second-order valence-electron chi connectivity index (χ2n) is 3.79. The minimum atomic E-state index is 0.485. The number of pyridine rings is 1. The molecule has 0 aliphatic heterocycles. The molecule has 3 rings (SSSR count). The van der Waals surface area contributed by atoms with Crippen molar-refractivity contribution in [2.24, 2.45) is 0 Å². The summed E-state index contributed by atoms with van der Waals surface area (Å²) in [6, 6.07) is 12.1. The molecule has 0 saturated carbocycles.